The summed E-state index contributed by atoms with van der Waals surface area (Å²) in [6, 6.07) is 4.38. The minimum atomic E-state index is -0.417. The number of amides is 4. The van der Waals surface area contributed by atoms with Crippen LogP contribution in [0.5, 0.6) is 0 Å². The molecule has 1 aliphatic rings. The van der Waals surface area contributed by atoms with Crippen molar-refractivity contribution in [1.29, 1.82) is 0 Å². The summed E-state index contributed by atoms with van der Waals surface area (Å²) >= 11 is 5.83. The van der Waals surface area contributed by atoms with E-state index in [1.165, 1.54) is 0 Å². The molecule has 4 N–H and O–H groups in total. The fourth-order valence-electron chi connectivity index (χ4n) is 1.93. The second-order valence-electron chi connectivity index (χ2n) is 4.59. The molecular weight excluding hydrogens is 296 g/mol. The molecule has 0 atom stereocenters. The Bertz CT molecular complexity index is 575. The lowest BCUT2D eigenvalue weighted by Gasteiger charge is -2.12. The SMILES string of the molecule is Nc1ccc(Cl)cc1NC(=O)CCCN1C(=O)CNC1=O. The van der Waals surface area contributed by atoms with Crippen molar-refractivity contribution in [3.8, 4) is 0 Å². The average Bonchev–Trinajstić information content (AvgIpc) is 2.74. The molecule has 7 nitrogen and oxygen atoms in total. The summed E-state index contributed by atoms with van der Waals surface area (Å²) in [5.41, 5.74) is 6.59. The number of imide groups is 1. The van der Waals surface area contributed by atoms with Crippen molar-refractivity contribution >= 4 is 40.8 Å². The van der Waals surface area contributed by atoms with E-state index in [1.54, 1.807) is 18.2 Å². The Balaban J connectivity index is 1.81. The minimum Gasteiger partial charge on any atom is -0.397 e. The highest BCUT2D eigenvalue weighted by molar-refractivity contribution is 6.31. The number of benzene rings is 1. The third kappa shape index (κ3) is 3.85. The number of nitrogens with one attached hydrogen (secondary N) is 2. The van der Waals surface area contributed by atoms with E-state index in [0.29, 0.717) is 22.8 Å². The molecule has 21 heavy (non-hydrogen) atoms. The van der Waals surface area contributed by atoms with Gasteiger partial charge in [-0.25, -0.2) is 4.79 Å². The first kappa shape index (κ1) is 15.1. The number of anilines is 2. The number of urea groups is 1. The second-order valence-corrected chi connectivity index (χ2v) is 5.02. The highest BCUT2D eigenvalue weighted by Gasteiger charge is 2.27. The Morgan fingerprint density at radius 2 is 2.19 bits per heavy atom. The highest BCUT2D eigenvalue weighted by Crippen LogP contribution is 2.23. The predicted molar refractivity (Wildman–Crippen MR) is 78.8 cm³/mol. The van der Waals surface area contributed by atoms with Gasteiger partial charge in [0.2, 0.25) is 11.8 Å². The molecule has 2 rings (SSSR count). The number of carbonyl (C=O) groups excluding carboxylic acids is 3. The van der Waals surface area contributed by atoms with Gasteiger partial charge in [0.05, 0.1) is 17.9 Å². The Kier molecular flexibility index (Phi) is 4.64. The van der Waals surface area contributed by atoms with E-state index in [-0.39, 0.29) is 31.3 Å². The predicted octanol–water partition coefficient (Wildman–Crippen LogP) is 1.19. The number of hydrogen-bond acceptors (Lipinski definition) is 4. The van der Waals surface area contributed by atoms with Crippen LogP contribution in [0.1, 0.15) is 12.8 Å². The van der Waals surface area contributed by atoms with Crippen LogP contribution in [0.15, 0.2) is 18.2 Å². The summed E-state index contributed by atoms with van der Waals surface area (Å²) in [4.78, 5) is 35.5. The van der Waals surface area contributed by atoms with Gasteiger partial charge in [0, 0.05) is 18.0 Å². The first-order valence-electron chi connectivity index (χ1n) is 6.40. The fraction of sp³-hybridized carbons (Fsp3) is 0.308. The molecular formula is C13H15ClN4O3. The number of nitrogen functional groups attached to an aromatic ring is 1. The molecule has 1 aromatic carbocycles. The largest absolute Gasteiger partial charge is 0.397 e. The Morgan fingerprint density at radius 3 is 2.86 bits per heavy atom. The Labute approximate surface area is 126 Å². The maximum Gasteiger partial charge on any atom is 0.324 e. The van der Waals surface area contributed by atoms with Gasteiger partial charge < -0.3 is 16.4 Å². The maximum atomic E-state index is 11.8. The molecule has 0 aliphatic carbocycles. The zero-order valence-corrected chi connectivity index (χ0v) is 11.9. The molecule has 8 heteroatoms. The summed E-state index contributed by atoms with van der Waals surface area (Å²) in [6.45, 7) is 0.229. The topological polar surface area (TPSA) is 105 Å². The summed E-state index contributed by atoms with van der Waals surface area (Å²) < 4.78 is 0. The van der Waals surface area contributed by atoms with Crippen LogP contribution in [-0.2, 0) is 9.59 Å². The normalized spacial score (nSPS) is 14.2. The van der Waals surface area contributed by atoms with Crippen molar-refractivity contribution in [2.45, 2.75) is 12.8 Å². The van der Waals surface area contributed by atoms with Gasteiger partial charge in [-0.3, -0.25) is 14.5 Å². The summed E-state index contributed by atoms with van der Waals surface area (Å²) in [5, 5.41) is 5.53. The van der Waals surface area contributed by atoms with Gasteiger partial charge in [0.25, 0.3) is 0 Å². The van der Waals surface area contributed by atoms with Crippen molar-refractivity contribution in [2.24, 2.45) is 0 Å². The smallest absolute Gasteiger partial charge is 0.324 e. The molecule has 1 saturated heterocycles. The van der Waals surface area contributed by atoms with Gasteiger partial charge in [-0.15, -0.1) is 0 Å². The number of hydrogen-bond donors (Lipinski definition) is 3. The number of carbonyl (C=O) groups is 3. The van der Waals surface area contributed by atoms with Crippen molar-refractivity contribution in [2.75, 3.05) is 24.1 Å². The quantitative estimate of drug-likeness (QED) is 0.561. The van der Waals surface area contributed by atoms with Crippen LogP contribution in [0.4, 0.5) is 16.2 Å². The molecule has 1 aliphatic heterocycles. The van der Waals surface area contributed by atoms with Crippen molar-refractivity contribution in [3.63, 3.8) is 0 Å². The van der Waals surface area contributed by atoms with Gasteiger partial charge in [-0.1, -0.05) is 11.6 Å². The van der Waals surface area contributed by atoms with Gasteiger partial charge in [0.1, 0.15) is 0 Å². The minimum absolute atomic E-state index is 0.0179. The third-order valence-electron chi connectivity index (χ3n) is 3.01. The van der Waals surface area contributed by atoms with Crippen LogP contribution in [0.25, 0.3) is 0 Å². The molecule has 4 amide bonds. The van der Waals surface area contributed by atoms with Gasteiger partial charge >= 0.3 is 6.03 Å². The van der Waals surface area contributed by atoms with E-state index in [4.69, 9.17) is 17.3 Å². The van der Waals surface area contributed by atoms with Crippen LogP contribution in [0.3, 0.4) is 0 Å². The molecule has 0 bridgehead atoms. The van der Waals surface area contributed by atoms with E-state index >= 15 is 0 Å². The van der Waals surface area contributed by atoms with E-state index in [0.717, 1.165) is 4.90 Å². The molecule has 0 radical (unpaired) electrons. The van der Waals surface area contributed by atoms with Gasteiger partial charge in [-0.05, 0) is 24.6 Å². The average molecular weight is 311 g/mol. The summed E-state index contributed by atoms with van der Waals surface area (Å²) in [7, 11) is 0. The highest BCUT2D eigenvalue weighted by atomic mass is 35.5. The first-order valence-corrected chi connectivity index (χ1v) is 6.78. The van der Waals surface area contributed by atoms with E-state index in [2.05, 4.69) is 10.6 Å². The maximum absolute atomic E-state index is 11.8. The molecule has 0 saturated carbocycles. The third-order valence-corrected chi connectivity index (χ3v) is 3.25. The Hall–Kier alpha value is -2.28. The number of nitrogens with two attached hydrogens (primary N) is 1. The second kappa shape index (κ2) is 6.45. The zero-order chi connectivity index (χ0) is 15.4. The van der Waals surface area contributed by atoms with Crippen LogP contribution in [0, 0.1) is 0 Å². The van der Waals surface area contributed by atoms with Crippen LogP contribution in [-0.4, -0.2) is 35.8 Å². The van der Waals surface area contributed by atoms with Crippen molar-refractivity contribution < 1.29 is 14.4 Å². The molecule has 1 fully saturated rings. The molecule has 1 heterocycles. The summed E-state index contributed by atoms with van der Waals surface area (Å²) in [5.74, 6) is -0.532. The van der Waals surface area contributed by atoms with Crippen LogP contribution >= 0.6 is 11.6 Å². The standard InChI is InChI=1S/C13H15ClN4O3/c14-8-3-4-9(15)10(6-8)17-11(19)2-1-5-18-12(20)7-16-13(18)21/h3-4,6H,1-2,5,7,15H2,(H,16,21)(H,17,19). The lowest BCUT2D eigenvalue weighted by Crippen LogP contribution is -2.32. The lowest BCUT2D eigenvalue weighted by atomic mass is 10.2. The zero-order valence-electron chi connectivity index (χ0n) is 11.2. The first-order chi connectivity index (χ1) is 9.97. The number of halogens is 1. The van der Waals surface area contributed by atoms with E-state index < -0.39 is 6.03 Å². The van der Waals surface area contributed by atoms with Gasteiger partial charge in [0.15, 0.2) is 0 Å². The monoisotopic (exact) mass is 310 g/mol. The Morgan fingerprint density at radius 1 is 1.43 bits per heavy atom. The fourth-order valence-corrected chi connectivity index (χ4v) is 2.10. The molecule has 0 spiro atoms. The molecule has 112 valence electrons. The lowest BCUT2D eigenvalue weighted by molar-refractivity contribution is -0.125. The summed E-state index contributed by atoms with van der Waals surface area (Å²) in [6.07, 6.45) is 0.550. The number of rotatable bonds is 5. The van der Waals surface area contributed by atoms with Crippen molar-refractivity contribution in [1.82, 2.24) is 10.2 Å². The molecule has 0 unspecified atom stereocenters. The van der Waals surface area contributed by atoms with Gasteiger partial charge in [-0.2, -0.15) is 0 Å². The van der Waals surface area contributed by atoms with Crippen LogP contribution < -0.4 is 16.4 Å². The molecule has 0 aromatic heterocycles. The van der Waals surface area contributed by atoms with Crippen molar-refractivity contribution in [3.05, 3.63) is 23.2 Å². The van der Waals surface area contributed by atoms with Crippen LogP contribution in [0.2, 0.25) is 5.02 Å². The number of nitrogens with zero attached hydrogens (tertiary/aromatic N) is 1. The van der Waals surface area contributed by atoms with E-state index in [9.17, 15) is 14.4 Å². The molecule has 1 aromatic rings. The van der Waals surface area contributed by atoms with E-state index in [1.807, 2.05) is 0 Å².